The minimum absolute atomic E-state index is 0.155. The highest BCUT2D eigenvalue weighted by atomic mass is 35.5. The second-order valence-electron chi connectivity index (χ2n) is 3.19. The summed E-state index contributed by atoms with van der Waals surface area (Å²) in [7, 11) is 0. The van der Waals surface area contributed by atoms with Gasteiger partial charge in [0.05, 0.1) is 5.56 Å². The number of carbonyl (C=O) groups excluding carboxylic acids is 2. The standard InChI is InChI=1S/C10H10ClNO2/c1-6(2)9(13)8-7(10(11)14)4-3-5-12-8/h3-6H,1-2H3. The lowest BCUT2D eigenvalue weighted by atomic mass is 10.0. The minimum atomic E-state index is -0.651. The molecule has 0 bridgehead atoms. The molecule has 4 heteroatoms. The van der Waals surface area contributed by atoms with E-state index in [1.165, 1.54) is 12.3 Å². The first-order valence-electron chi connectivity index (χ1n) is 4.23. The summed E-state index contributed by atoms with van der Waals surface area (Å²) in [5.74, 6) is -0.366. The van der Waals surface area contributed by atoms with Crippen molar-refractivity contribution in [1.82, 2.24) is 4.98 Å². The number of nitrogens with zero attached hydrogens (tertiary/aromatic N) is 1. The Morgan fingerprint density at radius 2 is 2.07 bits per heavy atom. The lowest BCUT2D eigenvalue weighted by Gasteiger charge is -2.05. The summed E-state index contributed by atoms with van der Waals surface area (Å²) in [5.41, 5.74) is 0.329. The molecule has 0 saturated carbocycles. The monoisotopic (exact) mass is 211 g/mol. The fourth-order valence-electron chi connectivity index (χ4n) is 1.03. The highest BCUT2D eigenvalue weighted by molar-refractivity contribution is 6.68. The van der Waals surface area contributed by atoms with Crippen LogP contribution in [0.1, 0.15) is 34.7 Å². The summed E-state index contributed by atoms with van der Waals surface area (Å²) in [6.45, 7) is 3.50. The number of hydrogen-bond acceptors (Lipinski definition) is 3. The van der Waals surface area contributed by atoms with Crippen LogP contribution in [0.15, 0.2) is 18.3 Å². The zero-order chi connectivity index (χ0) is 10.7. The van der Waals surface area contributed by atoms with Gasteiger partial charge in [-0.05, 0) is 23.7 Å². The van der Waals surface area contributed by atoms with Crippen molar-refractivity contribution in [2.45, 2.75) is 13.8 Å². The Morgan fingerprint density at radius 1 is 1.43 bits per heavy atom. The molecule has 0 radical (unpaired) electrons. The van der Waals surface area contributed by atoms with Crippen LogP contribution in [0.3, 0.4) is 0 Å². The highest BCUT2D eigenvalue weighted by Gasteiger charge is 2.18. The zero-order valence-corrected chi connectivity index (χ0v) is 8.71. The van der Waals surface area contributed by atoms with Gasteiger partial charge in [-0.25, -0.2) is 0 Å². The van der Waals surface area contributed by atoms with Crippen molar-refractivity contribution in [2.75, 3.05) is 0 Å². The van der Waals surface area contributed by atoms with Crippen molar-refractivity contribution >= 4 is 22.6 Å². The Balaban J connectivity index is 3.20. The quantitative estimate of drug-likeness (QED) is 0.569. The number of aromatic nitrogens is 1. The maximum absolute atomic E-state index is 11.6. The van der Waals surface area contributed by atoms with E-state index in [9.17, 15) is 9.59 Å². The van der Waals surface area contributed by atoms with Crippen LogP contribution < -0.4 is 0 Å². The van der Waals surface area contributed by atoms with Crippen LogP contribution in [-0.4, -0.2) is 16.0 Å². The first-order valence-corrected chi connectivity index (χ1v) is 4.61. The molecule has 0 aliphatic carbocycles. The summed E-state index contributed by atoms with van der Waals surface area (Å²) < 4.78 is 0. The van der Waals surface area contributed by atoms with E-state index in [0.29, 0.717) is 0 Å². The molecule has 0 amide bonds. The molecular weight excluding hydrogens is 202 g/mol. The Morgan fingerprint density at radius 3 is 2.57 bits per heavy atom. The maximum atomic E-state index is 11.6. The van der Waals surface area contributed by atoms with Gasteiger partial charge >= 0.3 is 0 Å². The van der Waals surface area contributed by atoms with Gasteiger partial charge < -0.3 is 0 Å². The first-order chi connectivity index (χ1) is 6.54. The van der Waals surface area contributed by atoms with Crippen LogP contribution in [-0.2, 0) is 0 Å². The van der Waals surface area contributed by atoms with E-state index >= 15 is 0 Å². The smallest absolute Gasteiger partial charge is 0.254 e. The number of ketones is 1. The molecule has 0 N–H and O–H groups in total. The average Bonchev–Trinajstić information content (AvgIpc) is 2.16. The molecule has 0 aromatic carbocycles. The predicted octanol–water partition coefficient (Wildman–Crippen LogP) is 2.30. The summed E-state index contributed by atoms with van der Waals surface area (Å²) in [4.78, 5) is 26.4. The fourth-order valence-corrected chi connectivity index (χ4v) is 1.19. The number of carbonyl (C=O) groups is 2. The molecular formula is C10H10ClNO2. The van der Waals surface area contributed by atoms with Crippen LogP contribution >= 0.6 is 11.6 Å². The predicted molar refractivity (Wildman–Crippen MR) is 53.6 cm³/mol. The third kappa shape index (κ3) is 2.17. The van der Waals surface area contributed by atoms with Crippen molar-refractivity contribution in [2.24, 2.45) is 5.92 Å². The summed E-state index contributed by atoms with van der Waals surface area (Å²) in [5, 5.41) is -0.651. The Bertz CT molecular complexity index is 374. The largest absolute Gasteiger partial charge is 0.292 e. The number of hydrogen-bond donors (Lipinski definition) is 0. The van der Waals surface area contributed by atoms with Gasteiger partial charge in [-0.2, -0.15) is 0 Å². The average molecular weight is 212 g/mol. The van der Waals surface area contributed by atoms with Gasteiger partial charge in [0.15, 0.2) is 5.78 Å². The van der Waals surface area contributed by atoms with Crippen molar-refractivity contribution in [3.8, 4) is 0 Å². The number of Topliss-reactive ketones (excluding diaryl/α,β-unsaturated/α-hetero) is 1. The summed E-state index contributed by atoms with van der Waals surface area (Å²) in [6.07, 6.45) is 1.47. The van der Waals surface area contributed by atoms with E-state index in [4.69, 9.17) is 11.6 Å². The van der Waals surface area contributed by atoms with E-state index < -0.39 is 5.24 Å². The van der Waals surface area contributed by atoms with Crippen molar-refractivity contribution in [1.29, 1.82) is 0 Å². The molecule has 0 spiro atoms. The highest BCUT2D eigenvalue weighted by Crippen LogP contribution is 2.13. The van der Waals surface area contributed by atoms with E-state index in [1.54, 1.807) is 19.9 Å². The van der Waals surface area contributed by atoms with E-state index in [-0.39, 0.29) is 23.0 Å². The van der Waals surface area contributed by atoms with E-state index in [0.717, 1.165) is 0 Å². The molecule has 1 aromatic heterocycles. The molecule has 0 unspecified atom stereocenters. The van der Waals surface area contributed by atoms with Gasteiger partial charge in [-0.3, -0.25) is 14.6 Å². The number of pyridine rings is 1. The van der Waals surface area contributed by atoms with Crippen LogP contribution in [0.2, 0.25) is 0 Å². The molecule has 0 atom stereocenters. The number of halogens is 1. The van der Waals surface area contributed by atoms with Gasteiger partial charge in [-0.1, -0.05) is 13.8 Å². The van der Waals surface area contributed by atoms with Gasteiger partial charge in [0.1, 0.15) is 5.69 Å². The molecule has 1 heterocycles. The van der Waals surface area contributed by atoms with Crippen LogP contribution in [0.4, 0.5) is 0 Å². The van der Waals surface area contributed by atoms with Gasteiger partial charge in [-0.15, -0.1) is 0 Å². The third-order valence-corrected chi connectivity index (χ3v) is 1.98. The SMILES string of the molecule is CC(C)C(=O)c1ncccc1C(=O)Cl. The van der Waals surface area contributed by atoms with Gasteiger partial charge in [0.25, 0.3) is 5.24 Å². The molecule has 0 saturated heterocycles. The van der Waals surface area contributed by atoms with Crippen LogP contribution in [0.5, 0.6) is 0 Å². The first kappa shape index (κ1) is 10.9. The van der Waals surface area contributed by atoms with Gasteiger partial charge in [0.2, 0.25) is 0 Å². The maximum Gasteiger partial charge on any atom is 0.254 e. The van der Waals surface area contributed by atoms with Crippen LogP contribution in [0, 0.1) is 5.92 Å². The second-order valence-corrected chi connectivity index (χ2v) is 3.54. The Labute approximate surface area is 87.1 Å². The van der Waals surface area contributed by atoms with Crippen molar-refractivity contribution in [3.63, 3.8) is 0 Å². The van der Waals surface area contributed by atoms with Crippen molar-refractivity contribution in [3.05, 3.63) is 29.6 Å². The lowest BCUT2D eigenvalue weighted by Crippen LogP contribution is -2.13. The molecule has 1 aromatic rings. The molecule has 0 aliphatic rings. The van der Waals surface area contributed by atoms with E-state index in [1.807, 2.05) is 0 Å². The van der Waals surface area contributed by atoms with E-state index in [2.05, 4.69) is 4.98 Å². The molecule has 1 rings (SSSR count). The molecule has 0 aliphatic heterocycles. The number of rotatable bonds is 3. The molecule has 3 nitrogen and oxygen atoms in total. The molecule has 0 fully saturated rings. The Kier molecular flexibility index (Phi) is 3.36. The minimum Gasteiger partial charge on any atom is -0.292 e. The third-order valence-electron chi connectivity index (χ3n) is 1.78. The van der Waals surface area contributed by atoms with Crippen molar-refractivity contribution < 1.29 is 9.59 Å². The molecule has 14 heavy (non-hydrogen) atoms. The van der Waals surface area contributed by atoms with Crippen LogP contribution in [0.25, 0.3) is 0 Å². The lowest BCUT2D eigenvalue weighted by molar-refractivity contribution is 0.0927. The fraction of sp³-hybridized carbons (Fsp3) is 0.300. The Hall–Kier alpha value is -1.22. The van der Waals surface area contributed by atoms with Gasteiger partial charge in [0, 0.05) is 12.1 Å². The normalized spacial score (nSPS) is 10.3. The molecule has 74 valence electrons. The summed E-state index contributed by atoms with van der Waals surface area (Å²) in [6, 6.07) is 3.07. The second kappa shape index (κ2) is 4.33. The topological polar surface area (TPSA) is 47.0 Å². The zero-order valence-electron chi connectivity index (χ0n) is 7.95. The summed E-state index contributed by atoms with van der Waals surface area (Å²) >= 11 is 5.33.